The summed E-state index contributed by atoms with van der Waals surface area (Å²) in [6, 6.07) is 9.77. The molecular formula is C15H13ClFNO. The number of anilines is 1. The van der Waals surface area contributed by atoms with Crippen LogP contribution in [0.5, 0.6) is 0 Å². The van der Waals surface area contributed by atoms with Crippen molar-refractivity contribution in [1.82, 2.24) is 0 Å². The molecule has 0 atom stereocenters. The molecule has 0 saturated heterocycles. The van der Waals surface area contributed by atoms with Gasteiger partial charge in [-0.3, -0.25) is 4.79 Å². The summed E-state index contributed by atoms with van der Waals surface area (Å²) in [7, 11) is 0. The summed E-state index contributed by atoms with van der Waals surface area (Å²) >= 11 is 5.69. The van der Waals surface area contributed by atoms with Crippen LogP contribution in [0.3, 0.4) is 0 Å². The van der Waals surface area contributed by atoms with Crippen LogP contribution >= 0.6 is 11.6 Å². The van der Waals surface area contributed by atoms with Crippen molar-refractivity contribution < 1.29 is 9.18 Å². The maximum Gasteiger partial charge on any atom is 0.167 e. The number of hydrogen-bond donors (Lipinski definition) is 1. The molecule has 0 unspecified atom stereocenters. The first-order valence-corrected chi connectivity index (χ1v) is 6.19. The summed E-state index contributed by atoms with van der Waals surface area (Å²) in [4.78, 5) is 12.2. The zero-order valence-corrected chi connectivity index (χ0v) is 11.2. The average molecular weight is 278 g/mol. The fourth-order valence-corrected chi connectivity index (χ4v) is 2.10. The van der Waals surface area contributed by atoms with E-state index in [2.05, 4.69) is 0 Å². The molecule has 0 saturated carbocycles. The van der Waals surface area contributed by atoms with E-state index in [1.54, 1.807) is 37.3 Å². The van der Waals surface area contributed by atoms with Gasteiger partial charge in [-0.1, -0.05) is 35.9 Å². The molecule has 0 bridgehead atoms. The summed E-state index contributed by atoms with van der Waals surface area (Å²) in [5, 5.41) is 0.0228. The van der Waals surface area contributed by atoms with E-state index in [0.29, 0.717) is 16.8 Å². The van der Waals surface area contributed by atoms with E-state index >= 15 is 0 Å². The Hall–Kier alpha value is -1.87. The van der Waals surface area contributed by atoms with E-state index in [9.17, 15) is 9.18 Å². The number of carbonyl (C=O) groups is 1. The molecule has 2 N–H and O–H groups in total. The van der Waals surface area contributed by atoms with E-state index < -0.39 is 5.82 Å². The number of halogens is 2. The fourth-order valence-electron chi connectivity index (χ4n) is 1.91. The van der Waals surface area contributed by atoms with Crippen LogP contribution in [0.2, 0.25) is 5.02 Å². The van der Waals surface area contributed by atoms with E-state index in [1.165, 1.54) is 6.07 Å². The standard InChI is InChI=1S/C15H13ClFNO/c1-9-11(5-3-7-13(9)18)14(19)8-10-4-2-6-12(16)15(10)17/h2-7H,8,18H2,1H3. The van der Waals surface area contributed by atoms with Gasteiger partial charge in [0.1, 0.15) is 5.82 Å². The number of hydrogen-bond acceptors (Lipinski definition) is 2. The molecule has 0 spiro atoms. The Bertz CT molecular complexity index is 640. The first kappa shape index (κ1) is 13.6. The Morgan fingerprint density at radius 1 is 1.26 bits per heavy atom. The minimum atomic E-state index is -0.543. The maximum atomic E-state index is 13.7. The highest BCUT2D eigenvalue weighted by atomic mass is 35.5. The SMILES string of the molecule is Cc1c(N)cccc1C(=O)Cc1cccc(Cl)c1F. The van der Waals surface area contributed by atoms with Gasteiger partial charge in [-0.15, -0.1) is 0 Å². The zero-order chi connectivity index (χ0) is 14.0. The number of Topliss-reactive ketones (excluding diaryl/α,β-unsaturated/α-hetero) is 1. The van der Waals surface area contributed by atoms with Crippen molar-refractivity contribution in [2.75, 3.05) is 5.73 Å². The lowest BCUT2D eigenvalue weighted by atomic mass is 9.98. The molecule has 0 aliphatic carbocycles. The van der Waals surface area contributed by atoms with Crippen LogP contribution in [0.15, 0.2) is 36.4 Å². The quantitative estimate of drug-likeness (QED) is 0.685. The lowest BCUT2D eigenvalue weighted by Gasteiger charge is -2.08. The van der Waals surface area contributed by atoms with E-state index in [4.69, 9.17) is 17.3 Å². The number of rotatable bonds is 3. The van der Waals surface area contributed by atoms with Gasteiger partial charge >= 0.3 is 0 Å². The predicted octanol–water partition coefficient (Wildman–Crippen LogP) is 3.80. The van der Waals surface area contributed by atoms with Gasteiger partial charge < -0.3 is 5.73 Å². The van der Waals surface area contributed by atoms with E-state index in [1.807, 2.05) is 0 Å². The Kier molecular flexibility index (Phi) is 3.86. The molecule has 0 radical (unpaired) electrons. The summed E-state index contributed by atoms with van der Waals surface area (Å²) < 4.78 is 13.7. The average Bonchev–Trinajstić information content (AvgIpc) is 2.38. The Morgan fingerprint density at radius 3 is 2.68 bits per heavy atom. The van der Waals surface area contributed by atoms with Gasteiger partial charge in [-0.05, 0) is 30.2 Å². The Labute approximate surface area is 116 Å². The van der Waals surface area contributed by atoms with E-state index in [-0.39, 0.29) is 17.2 Å². The highest BCUT2D eigenvalue weighted by molar-refractivity contribution is 6.30. The molecule has 0 fully saturated rings. The summed E-state index contributed by atoms with van der Waals surface area (Å²) in [5.74, 6) is -0.718. The minimum Gasteiger partial charge on any atom is -0.398 e. The number of nitrogens with two attached hydrogens (primary N) is 1. The molecule has 2 nitrogen and oxygen atoms in total. The molecule has 2 aromatic carbocycles. The largest absolute Gasteiger partial charge is 0.398 e. The third kappa shape index (κ3) is 2.76. The number of ketones is 1. The molecule has 0 amide bonds. The Balaban J connectivity index is 2.31. The van der Waals surface area contributed by atoms with Crippen molar-refractivity contribution >= 4 is 23.1 Å². The van der Waals surface area contributed by atoms with Crippen molar-refractivity contribution in [2.24, 2.45) is 0 Å². The molecule has 19 heavy (non-hydrogen) atoms. The zero-order valence-electron chi connectivity index (χ0n) is 10.4. The highest BCUT2D eigenvalue weighted by Crippen LogP contribution is 2.21. The molecule has 0 aromatic heterocycles. The van der Waals surface area contributed by atoms with Crippen molar-refractivity contribution in [3.8, 4) is 0 Å². The fraction of sp³-hybridized carbons (Fsp3) is 0.133. The lowest BCUT2D eigenvalue weighted by Crippen LogP contribution is -2.08. The topological polar surface area (TPSA) is 43.1 Å². The smallest absolute Gasteiger partial charge is 0.167 e. The second kappa shape index (κ2) is 5.41. The molecule has 2 aromatic rings. The maximum absolute atomic E-state index is 13.7. The predicted molar refractivity (Wildman–Crippen MR) is 75.0 cm³/mol. The second-order valence-electron chi connectivity index (χ2n) is 4.33. The number of nitrogen functional groups attached to an aromatic ring is 1. The van der Waals surface area contributed by atoms with Gasteiger partial charge in [0.15, 0.2) is 5.78 Å². The van der Waals surface area contributed by atoms with Gasteiger partial charge in [-0.25, -0.2) is 4.39 Å². The van der Waals surface area contributed by atoms with Gasteiger partial charge in [0.2, 0.25) is 0 Å². The molecule has 98 valence electrons. The molecule has 0 aliphatic heterocycles. The highest BCUT2D eigenvalue weighted by Gasteiger charge is 2.14. The second-order valence-corrected chi connectivity index (χ2v) is 4.74. The monoisotopic (exact) mass is 277 g/mol. The van der Waals surface area contributed by atoms with Crippen molar-refractivity contribution in [1.29, 1.82) is 0 Å². The van der Waals surface area contributed by atoms with Crippen LogP contribution in [-0.4, -0.2) is 5.78 Å². The van der Waals surface area contributed by atoms with Crippen molar-refractivity contribution in [3.63, 3.8) is 0 Å². The summed E-state index contributed by atoms with van der Waals surface area (Å²) in [6.45, 7) is 1.77. The molecule has 0 aliphatic rings. The van der Waals surface area contributed by atoms with Crippen LogP contribution in [0, 0.1) is 12.7 Å². The van der Waals surface area contributed by atoms with Crippen LogP contribution in [0.4, 0.5) is 10.1 Å². The van der Waals surface area contributed by atoms with Gasteiger partial charge in [-0.2, -0.15) is 0 Å². The van der Waals surface area contributed by atoms with E-state index in [0.717, 1.165) is 5.56 Å². The summed E-state index contributed by atoms with van der Waals surface area (Å²) in [5.41, 5.74) is 7.83. The third-order valence-corrected chi connectivity index (χ3v) is 3.35. The van der Waals surface area contributed by atoms with Crippen LogP contribution in [-0.2, 0) is 6.42 Å². The Morgan fingerprint density at radius 2 is 1.95 bits per heavy atom. The van der Waals surface area contributed by atoms with Crippen molar-refractivity contribution in [3.05, 3.63) is 63.9 Å². The first-order valence-electron chi connectivity index (χ1n) is 5.82. The molecule has 4 heteroatoms. The van der Waals surface area contributed by atoms with Crippen LogP contribution in [0.1, 0.15) is 21.5 Å². The summed E-state index contributed by atoms with van der Waals surface area (Å²) in [6.07, 6.45) is -0.0311. The molecule has 2 rings (SSSR count). The minimum absolute atomic E-state index is 0.0228. The van der Waals surface area contributed by atoms with Gasteiger partial charge in [0, 0.05) is 17.7 Å². The van der Waals surface area contributed by atoms with Gasteiger partial charge in [0.25, 0.3) is 0 Å². The molecular weight excluding hydrogens is 265 g/mol. The van der Waals surface area contributed by atoms with Crippen molar-refractivity contribution in [2.45, 2.75) is 13.3 Å². The number of carbonyl (C=O) groups excluding carboxylic acids is 1. The lowest BCUT2D eigenvalue weighted by molar-refractivity contribution is 0.0991. The normalized spacial score (nSPS) is 10.5. The number of benzene rings is 2. The van der Waals surface area contributed by atoms with Gasteiger partial charge in [0.05, 0.1) is 5.02 Å². The van der Waals surface area contributed by atoms with Crippen LogP contribution < -0.4 is 5.73 Å². The first-order chi connectivity index (χ1) is 9.00. The third-order valence-electron chi connectivity index (χ3n) is 3.06. The molecule has 0 heterocycles. The van der Waals surface area contributed by atoms with Crippen LogP contribution in [0.25, 0.3) is 0 Å².